The monoisotopic (exact) mass is 282 g/mol. The Morgan fingerprint density at radius 1 is 1.53 bits per heavy atom. The summed E-state index contributed by atoms with van der Waals surface area (Å²) in [5, 5.41) is 14.8. The number of carbonyl (C=O) groups is 2. The number of hydrogen-bond donors (Lipinski definition) is 2. The Kier molecular flexibility index (Phi) is 3.89. The molecule has 6 heteroatoms. The van der Waals surface area contributed by atoms with E-state index in [9.17, 15) is 9.59 Å². The van der Waals surface area contributed by atoms with Crippen LogP contribution in [0.1, 0.15) is 43.3 Å². The second kappa shape index (κ2) is 5.28. The van der Waals surface area contributed by atoms with Gasteiger partial charge in [-0.1, -0.05) is 13.8 Å². The van der Waals surface area contributed by atoms with Gasteiger partial charge in [0.1, 0.15) is 5.41 Å². The van der Waals surface area contributed by atoms with Crippen molar-refractivity contribution in [2.24, 2.45) is 5.41 Å². The Balaban J connectivity index is 1.80. The molecular weight excluding hydrogens is 264 g/mol. The molecule has 5 nitrogen and oxygen atoms in total. The molecule has 0 bridgehead atoms. The number of carboxylic acids is 1. The number of carboxylic acid groups (broad SMARTS) is 1. The molecule has 0 saturated heterocycles. The summed E-state index contributed by atoms with van der Waals surface area (Å²) >= 11 is 1.62. The third-order valence-electron chi connectivity index (χ3n) is 3.32. The largest absolute Gasteiger partial charge is 0.480 e. The zero-order chi connectivity index (χ0) is 14.0. The second-order valence-corrected chi connectivity index (χ2v) is 6.11. The zero-order valence-corrected chi connectivity index (χ0v) is 11.9. The number of carbonyl (C=O) groups excluding carboxylic acids is 1. The highest BCUT2D eigenvalue weighted by Gasteiger charge is 2.56. The number of thiazole rings is 1. The van der Waals surface area contributed by atoms with E-state index in [0.29, 0.717) is 31.7 Å². The van der Waals surface area contributed by atoms with E-state index in [4.69, 9.17) is 5.11 Å². The molecule has 1 aliphatic rings. The summed E-state index contributed by atoms with van der Waals surface area (Å²) in [6, 6.07) is 0. The number of amides is 1. The molecule has 2 rings (SSSR count). The number of rotatable bonds is 6. The van der Waals surface area contributed by atoms with E-state index in [-0.39, 0.29) is 5.91 Å². The molecule has 0 aromatic carbocycles. The first-order valence-electron chi connectivity index (χ1n) is 6.42. The predicted octanol–water partition coefficient (Wildman–Crippen LogP) is 1.79. The predicted molar refractivity (Wildman–Crippen MR) is 72.2 cm³/mol. The first-order valence-corrected chi connectivity index (χ1v) is 7.29. The molecule has 0 spiro atoms. The summed E-state index contributed by atoms with van der Waals surface area (Å²) in [7, 11) is 0. The van der Waals surface area contributed by atoms with Gasteiger partial charge in [0.2, 0.25) is 5.91 Å². The fourth-order valence-corrected chi connectivity index (χ4v) is 2.71. The Morgan fingerprint density at radius 3 is 2.68 bits per heavy atom. The minimum absolute atomic E-state index is 0.362. The summed E-state index contributed by atoms with van der Waals surface area (Å²) in [5.74, 6) is -0.963. The first kappa shape index (κ1) is 14.0. The normalized spacial score (nSPS) is 16.4. The van der Waals surface area contributed by atoms with Gasteiger partial charge in [-0.3, -0.25) is 9.59 Å². The Hall–Kier alpha value is -1.43. The standard InChI is InChI=1S/C13H18N2O3S/c1-8(2)10-15-9(7-19-10)3-6-14-11(16)13(4-5-13)12(17)18/h7-8H,3-6H2,1-2H3,(H,14,16)(H,17,18). The molecule has 1 aliphatic carbocycles. The topological polar surface area (TPSA) is 79.3 Å². The molecule has 2 N–H and O–H groups in total. The third-order valence-corrected chi connectivity index (χ3v) is 4.52. The van der Waals surface area contributed by atoms with Crippen LogP contribution >= 0.6 is 11.3 Å². The minimum atomic E-state index is -1.15. The van der Waals surface area contributed by atoms with Crippen LogP contribution in [0.4, 0.5) is 0 Å². The lowest BCUT2D eigenvalue weighted by atomic mass is 10.1. The number of nitrogens with one attached hydrogen (secondary N) is 1. The molecular formula is C13H18N2O3S. The average Bonchev–Trinajstić information content (AvgIpc) is 3.03. The lowest BCUT2D eigenvalue weighted by Gasteiger charge is -2.09. The summed E-state index contributed by atoms with van der Waals surface area (Å²) in [5.41, 5.74) is -0.195. The Bertz CT molecular complexity index is 492. The van der Waals surface area contributed by atoms with Crippen LogP contribution in [0.3, 0.4) is 0 Å². The van der Waals surface area contributed by atoms with Crippen molar-refractivity contribution in [3.8, 4) is 0 Å². The summed E-state index contributed by atoms with van der Waals surface area (Å²) in [4.78, 5) is 27.2. The molecule has 0 atom stereocenters. The third kappa shape index (κ3) is 2.94. The zero-order valence-electron chi connectivity index (χ0n) is 11.1. The van der Waals surface area contributed by atoms with Crippen molar-refractivity contribution in [1.29, 1.82) is 0 Å². The van der Waals surface area contributed by atoms with Gasteiger partial charge >= 0.3 is 5.97 Å². The van der Waals surface area contributed by atoms with Crippen molar-refractivity contribution in [3.05, 3.63) is 16.1 Å². The van der Waals surface area contributed by atoms with E-state index in [2.05, 4.69) is 24.1 Å². The Labute approximate surface area is 116 Å². The van der Waals surface area contributed by atoms with Gasteiger partial charge in [0.25, 0.3) is 0 Å². The van der Waals surface area contributed by atoms with Crippen molar-refractivity contribution in [2.45, 2.75) is 39.0 Å². The molecule has 19 heavy (non-hydrogen) atoms. The highest BCUT2D eigenvalue weighted by molar-refractivity contribution is 7.09. The van der Waals surface area contributed by atoms with Gasteiger partial charge in [0.15, 0.2) is 0 Å². The summed E-state index contributed by atoms with van der Waals surface area (Å²) in [6.45, 7) is 4.62. The smallest absolute Gasteiger partial charge is 0.319 e. The molecule has 1 aromatic heterocycles. The number of nitrogens with zero attached hydrogens (tertiary/aromatic N) is 1. The van der Waals surface area contributed by atoms with Gasteiger partial charge in [-0.25, -0.2) is 4.98 Å². The van der Waals surface area contributed by atoms with Crippen LogP contribution in [0.15, 0.2) is 5.38 Å². The maximum Gasteiger partial charge on any atom is 0.319 e. The minimum Gasteiger partial charge on any atom is -0.480 e. The van der Waals surface area contributed by atoms with E-state index in [1.165, 1.54) is 0 Å². The average molecular weight is 282 g/mol. The molecule has 0 radical (unpaired) electrons. The lowest BCUT2D eigenvalue weighted by Crippen LogP contribution is -2.37. The van der Waals surface area contributed by atoms with Gasteiger partial charge in [0, 0.05) is 24.3 Å². The van der Waals surface area contributed by atoms with Crippen LogP contribution in [0.25, 0.3) is 0 Å². The van der Waals surface area contributed by atoms with Crippen molar-refractivity contribution < 1.29 is 14.7 Å². The van der Waals surface area contributed by atoms with Crippen LogP contribution in [0.5, 0.6) is 0 Å². The van der Waals surface area contributed by atoms with E-state index in [0.717, 1.165) is 10.7 Å². The number of hydrogen-bond acceptors (Lipinski definition) is 4. The van der Waals surface area contributed by atoms with Crippen LogP contribution < -0.4 is 5.32 Å². The van der Waals surface area contributed by atoms with Gasteiger partial charge in [-0.05, 0) is 12.8 Å². The maximum atomic E-state index is 11.8. The van der Waals surface area contributed by atoms with Crippen LogP contribution in [-0.2, 0) is 16.0 Å². The molecule has 1 saturated carbocycles. The Morgan fingerprint density at radius 2 is 2.21 bits per heavy atom. The van der Waals surface area contributed by atoms with Crippen molar-refractivity contribution in [3.63, 3.8) is 0 Å². The SMILES string of the molecule is CC(C)c1nc(CCNC(=O)C2(C(=O)O)CC2)cs1. The highest BCUT2D eigenvalue weighted by Crippen LogP contribution is 2.46. The first-order chi connectivity index (χ1) is 8.95. The highest BCUT2D eigenvalue weighted by atomic mass is 32.1. The van der Waals surface area contributed by atoms with E-state index in [1.54, 1.807) is 11.3 Å². The van der Waals surface area contributed by atoms with Gasteiger partial charge in [-0.15, -0.1) is 11.3 Å². The van der Waals surface area contributed by atoms with Crippen LogP contribution in [-0.4, -0.2) is 28.5 Å². The quantitative estimate of drug-likeness (QED) is 0.780. The van der Waals surface area contributed by atoms with Crippen molar-refractivity contribution in [1.82, 2.24) is 10.3 Å². The van der Waals surface area contributed by atoms with E-state index < -0.39 is 11.4 Å². The fraction of sp³-hybridized carbons (Fsp3) is 0.615. The van der Waals surface area contributed by atoms with Gasteiger partial charge in [-0.2, -0.15) is 0 Å². The van der Waals surface area contributed by atoms with Gasteiger partial charge in [0.05, 0.1) is 10.7 Å². The molecule has 1 heterocycles. The fourth-order valence-electron chi connectivity index (χ4n) is 1.84. The molecule has 1 fully saturated rings. The molecule has 1 aromatic rings. The molecule has 1 amide bonds. The van der Waals surface area contributed by atoms with Crippen LogP contribution in [0.2, 0.25) is 0 Å². The number of aliphatic carboxylic acids is 1. The van der Waals surface area contributed by atoms with Gasteiger partial charge < -0.3 is 10.4 Å². The maximum absolute atomic E-state index is 11.8. The van der Waals surface area contributed by atoms with Crippen molar-refractivity contribution >= 4 is 23.2 Å². The number of aromatic nitrogens is 1. The molecule has 104 valence electrons. The summed E-state index contributed by atoms with van der Waals surface area (Å²) in [6.07, 6.45) is 1.54. The second-order valence-electron chi connectivity index (χ2n) is 5.22. The molecule has 0 aliphatic heterocycles. The van der Waals surface area contributed by atoms with Crippen LogP contribution in [0, 0.1) is 5.41 Å². The molecule has 0 unspecified atom stereocenters. The van der Waals surface area contributed by atoms with E-state index in [1.807, 2.05) is 5.38 Å². The summed E-state index contributed by atoms with van der Waals surface area (Å²) < 4.78 is 0. The van der Waals surface area contributed by atoms with E-state index >= 15 is 0 Å². The lowest BCUT2D eigenvalue weighted by molar-refractivity contribution is -0.149. The van der Waals surface area contributed by atoms with Crippen molar-refractivity contribution in [2.75, 3.05) is 6.54 Å².